The van der Waals surface area contributed by atoms with E-state index in [9.17, 15) is 4.79 Å². The van der Waals surface area contributed by atoms with Gasteiger partial charge in [0.25, 0.3) is 0 Å². The van der Waals surface area contributed by atoms with Crippen molar-refractivity contribution in [3.63, 3.8) is 0 Å². The van der Waals surface area contributed by atoms with E-state index in [1.165, 1.54) is 0 Å². The van der Waals surface area contributed by atoms with E-state index in [4.69, 9.17) is 9.47 Å². The molecule has 4 rings (SSSR count). The number of carbonyl (C=O) groups excluding carboxylic acids is 1. The molecule has 0 spiro atoms. The fourth-order valence-corrected chi connectivity index (χ4v) is 3.49. The van der Waals surface area contributed by atoms with Crippen molar-refractivity contribution < 1.29 is 14.3 Å². The predicted molar refractivity (Wildman–Crippen MR) is 120 cm³/mol. The fourth-order valence-electron chi connectivity index (χ4n) is 3.49. The Morgan fingerprint density at radius 1 is 1.16 bits per heavy atom. The number of hydrogen-bond donors (Lipinski definition) is 2. The SMILES string of the molecule is Cc1cc(NCCCCC(=O)NC(C)c2ccc3c(c2)OCCO3)nc(-n2ccnc2)n1. The van der Waals surface area contributed by atoms with Gasteiger partial charge in [0.05, 0.1) is 6.04 Å². The number of hydrogen-bond acceptors (Lipinski definition) is 7. The van der Waals surface area contributed by atoms with Gasteiger partial charge in [-0.25, -0.2) is 9.97 Å². The summed E-state index contributed by atoms with van der Waals surface area (Å²) in [7, 11) is 0. The van der Waals surface area contributed by atoms with E-state index in [-0.39, 0.29) is 11.9 Å². The highest BCUT2D eigenvalue weighted by Crippen LogP contribution is 2.32. The Morgan fingerprint density at radius 3 is 2.81 bits per heavy atom. The molecule has 1 aromatic carbocycles. The van der Waals surface area contributed by atoms with E-state index in [1.54, 1.807) is 17.1 Å². The molecule has 2 aromatic heterocycles. The number of aryl methyl sites for hydroxylation is 1. The van der Waals surface area contributed by atoms with Crippen molar-refractivity contribution in [3.05, 3.63) is 54.2 Å². The molecule has 0 saturated heterocycles. The standard InChI is InChI=1S/C23H28N6O3/c1-16-13-21(28-23(26-16)29-10-9-24-15-29)25-8-4-3-5-22(30)27-17(2)18-6-7-19-20(14-18)32-12-11-31-19/h6-7,9-10,13-15,17H,3-5,8,11-12H2,1-2H3,(H,27,30)(H,25,26,28). The summed E-state index contributed by atoms with van der Waals surface area (Å²) in [5.74, 6) is 2.86. The topological polar surface area (TPSA) is 103 Å². The normalized spacial score (nSPS) is 13.4. The summed E-state index contributed by atoms with van der Waals surface area (Å²) >= 11 is 0. The second kappa shape index (κ2) is 10.1. The number of amides is 1. The highest BCUT2D eigenvalue weighted by molar-refractivity contribution is 5.76. The number of nitrogens with zero attached hydrogens (tertiary/aromatic N) is 4. The summed E-state index contributed by atoms with van der Waals surface area (Å²) in [6, 6.07) is 7.60. The summed E-state index contributed by atoms with van der Waals surface area (Å²) in [5.41, 5.74) is 1.87. The van der Waals surface area contributed by atoms with Gasteiger partial charge in [-0.05, 0) is 44.4 Å². The largest absolute Gasteiger partial charge is 0.486 e. The van der Waals surface area contributed by atoms with Crippen LogP contribution in [0, 0.1) is 6.92 Å². The molecule has 1 unspecified atom stereocenters. The minimum Gasteiger partial charge on any atom is -0.486 e. The van der Waals surface area contributed by atoms with Gasteiger partial charge in [-0.2, -0.15) is 4.98 Å². The Hall–Kier alpha value is -3.62. The first-order chi connectivity index (χ1) is 15.6. The Morgan fingerprint density at radius 2 is 2.00 bits per heavy atom. The summed E-state index contributed by atoms with van der Waals surface area (Å²) in [6.07, 6.45) is 7.28. The fraction of sp³-hybridized carbons (Fsp3) is 0.391. The Kier molecular flexibility index (Phi) is 6.84. The summed E-state index contributed by atoms with van der Waals surface area (Å²) in [4.78, 5) is 25.3. The van der Waals surface area contributed by atoms with E-state index < -0.39 is 0 Å². The number of benzene rings is 1. The third kappa shape index (κ3) is 5.54. The molecule has 168 valence electrons. The van der Waals surface area contributed by atoms with Gasteiger partial charge in [-0.3, -0.25) is 9.36 Å². The van der Waals surface area contributed by atoms with Crippen LogP contribution in [0.2, 0.25) is 0 Å². The first-order valence-corrected chi connectivity index (χ1v) is 10.9. The van der Waals surface area contributed by atoms with E-state index >= 15 is 0 Å². The van der Waals surface area contributed by atoms with Crippen molar-refractivity contribution in [1.29, 1.82) is 0 Å². The van der Waals surface area contributed by atoms with Crippen molar-refractivity contribution in [1.82, 2.24) is 24.8 Å². The molecule has 3 aromatic rings. The summed E-state index contributed by atoms with van der Waals surface area (Å²) in [5, 5.41) is 6.37. The van der Waals surface area contributed by atoms with Crippen LogP contribution in [-0.4, -0.2) is 45.2 Å². The van der Waals surface area contributed by atoms with Crippen LogP contribution in [0.15, 0.2) is 43.0 Å². The second-order valence-corrected chi connectivity index (χ2v) is 7.74. The number of carbonyl (C=O) groups is 1. The van der Waals surface area contributed by atoms with Crippen molar-refractivity contribution in [2.24, 2.45) is 0 Å². The molecular formula is C23H28N6O3. The number of fused-ring (bicyclic) bond motifs is 1. The summed E-state index contributed by atoms with van der Waals surface area (Å²) in [6.45, 7) is 5.74. The van der Waals surface area contributed by atoms with Crippen molar-refractivity contribution in [3.8, 4) is 17.4 Å². The van der Waals surface area contributed by atoms with Gasteiger partial charge in [0.1, 0.15) is 25.4 Å². The molecule has 0 aliphatic carbocycles. The molecule has 1 aliphatic rings. The number of imidazole rings is 1. The van der Waals surface area contributed by atoms with Gasteiger partial charge in [0.15, 0.2) is 11.5 Å². The number of anilines is 1. The molecular weight excluding hydrogens is 408 g/mol. The number of ether oxygens (including phenoxy) is 2. The zero-order valence-corrected chi connectivity index (χ0v) is 18.4. The lowest BCUT2D eigenvalue weighted by Gasteiger charge is -2.21. The molecule has 3 heterocycles. The van der Waals surface area contributed by atoms with Crippen LogP contribution in [-0.2, 0) is 4.79 Å². The Balaban J connectivity index is 1.19. The van der Waals surface area contributed by atoms with E-state index in [0.29, 0.717) is 25.6 Å². The molecule has 9 heteroatoms. The highest BCUT2D eigenvalue weighted by atomic mass is 16.6. The molecule has 0 bridgehead atoms. The molecule has 0 radical (unpaired) electrons. The first kappa shape index (κ1) is 21.6. The van der Waals surface area contributed by atoms with E-state index in [1.807, 2.05) is 44.3 Å². The maximum atomic E-state index is 12.4. The summed E-state index contributed by atoms with van der Waals surface area (Å²) < 4.78 is 12.9. The molecule has 1 aliphatic heterocycles. The minimum atomic E-state index is -0.0953. The second-order valence-electron chi connectivity index (χ2n) is 7.74. The van der Waals surface area contributed by atoms with Gasteiger partial charge in [-0.15, -0.1) is 0 Å². The molecule has 0 fully saturated rings. The first-order valence-electron chi connectivity index (χ1n) is 10.9. The molecule has 2 N–H and O–H groups in total. The third-order valence-electron chi connectivity index (χ3n) is 5.16. The number of unbranched alkanes of at least 4 members (excludes halogenated alkanes) is 1. The Labute approximate surface area is 187 Å². The quantitative estimate of drug-likeness (QED) is 0.497. The molecule has 0 saturated carbocycles. The van der Waals surface area contributed by atoms with Gasteiger partial charge in [0.2, 0.25) is 11.9 Å². The van der Waals surface area contributed by atoms with Crippen LogP contribution in [0.25, 0.3) is 5.95 Å². The monoisotopic (exact) mass is 436 g/mol. The molecule has 1 amide bonds. The zero-order valence-electron chi connectivity index (χ0n) is 18.4. The van der Waals surface area contributed by atoms with Gasteiger partial charge in [0, 0.05) is 37.1 Å². The van der Waals surface area contributed by atoms with E-state index in [2.05, 4.69) is 25.6 Å². The molecule has 9 nitrogen and oxygen atoms in total. The lowest BCUT2D eigenvalue weighted by Crippen LogP contribution is -2.26. The van der Waals surface area contributed by atoms with Crippen LogP contribution >= 0.6 is 0 Å². The maximum absolute atomic E-state index is 12.4. The van der Waals surface area contributed by atoms with Gasteiger partial charge in [-0.1, -0.05) is 6.07 Å². The number of nitrogens with one attached hydrogen (secondary N) is 2. The smallest absolute Gasteiger partial charge is 0.237 e. The minimum absolute atomic E-state index is 0.0349. The maximum Gasteiger partial charge on any atom is 0.237 e. The van der Waals surface area contributed by atoms with Crippen LogP contribution in [0.1, 0.15) is 43.5 Å². The highest BCUT2D eigenvalue weighted by Gasteiger charge is 2.15. The van der Waals surface area contributed by atoms with Crippen LogP contribution in [0.3, 0.4) is 0 Å². The molecule has 1 atom stereocenters. The average molecular weight is 437 g/mol. The predicted octanol–water partition coefficient (Wildman–Crippen LogP) is 3.20. The number of rotatable bonds is 9. The third-order valence-corrected chi connectivity index (χ3v) is 5.16. The van der Waals surface area contributed by atoms with Crippen LogP contribution < -0.4 is 20.1 Å². The Bertz CT molecular complexity index is 1050. The molecule has 32 heavy (non-hydrogen) atoms. The van der Waals surface area contributed by atoms with Crippen molar-refractivity contribution in [2.45, 2.75) is 39.2 Å². The van der Waals surface area contributed by atoms with Crippen LogP contribution in [0.4, 0.5) is 5.82 Å². The van der Waals surface area contributed by atoms with Crippen molar-refractivity contribution in [2.75, 3.05) is 25.1 Å². The zero-order chi connectivity index (χ0) is 22.3. The average Bonchev–Trinajstić information content (AvgIpc) is 3.33. The van der Waals surface area contributed by atoms with Gasteiger partial charge < -0.3 is 20.1 Å². The lowest BCUT2D eigenvalue weighted by molar-refractivity contribution is -0.121. The van der Waals surface area contributed by atoms with E-state index in [0.717, 1.165) is 48.0 Å². The lowest BCUT2D eigenvalue weighted by atomic mass is 10.1. The van der Waals surface area contributed by atoms with Crippen LogP contribution in [0.5, 0.6) is 11.5 Å². The van der Waals surface area contributed by atoms with Gasteiger partial charge >= 0.3 is 0 Å². The number of aromatic nitrogens is 4. The van der Waals surface area contributed by atoms with Crippen molar-refractivity contribution >= 4 is 11.7 Å².